The molecule has 2 aromatic carbocycles. The van der Waals surface area contributed by atoms with Crippen LogP contribution in [0.4, 0.5) is 11.4 Å². The maximum absolute atomic E-state index is 12.3. The molecule has 0 spiro atoms. The molecular weight excluding hydrogens is 379 g/mol. The summed E-state index contributed by atoms with van der Waals surface area (Å²) in [5.41, 5.74) is 3.15. The lowest BCUT2D eigenvalue weighted by Gasteiger charge is -2.17. The van der Waals surface area contributed by atoms with Crippen LogP contribution in [0.5, 0.6) is 5.75 Å². The van der Waals surface area contributed by atoms with Gasteiger partial charge < -0.3 is 15.3 Å². The van der Waals surface area contributed by atoms with Crippen LogP contribution >= 0.6 is 22.6 Å². The van der Waals surface area contributed by atoms with Gasteiger partial charge in [0.2, 0.25) is 0 Å². The lowest BCUT2D eigenvalue weighted by molar-refractivity contribution is 0.102. The number of benzene rings is 2. The Morgan fingerprint density at radius 3 is 2.57 bits per heavy atom. The Balaban J connectivity index is 2.27. The fraction of sp³-hybridized carbons (Fsp3) is 0.188. The minimum Gasteiger partial charge on any atom is -0.507 e. The van der Waals surface area contributed by atoms with Crippen LogP contribution in [-0.4, -0.2) is 25.1 Å². The normalized spacial score (nSPS) is 10.3. The summed E-state index contributed by atoms with van der Waals surface area (Å²) in [6, 6.07) is 10.7. The zero-order chi connectivity index (χ0) is 15.6. The number of phenols is 1. The fourth-order valence-electron chi connectivity index (χ4n) is 2.06. The highest BCUT2D eigenvalue weighted by Crippen LogP contribution is 2.25. The summed E-state index contributed by atoms with van der Waals surface area (Å²) in [4.78, 5) is 14.3. The van der Waals surface area contributed by atoms with Gasteiger partial charge in [0.05, 0.1) is 5.56 Å². The highest BCUT2D eigenvalue weighted by atomic mass is 127. The molecule has 1 amide bonds. The fourth-order valence-corrected chi connectivity index (χ4v) is 2.55. The van der Waals surface area contributed by atoms with Crippen LogP contribution in [0.25, 0.3) is 0 Å². The lowest BCUT2D eigenvalue weighted by Crippen LogP contribution is -2.14. The SMILES string of the molecule is Cc1ccc(NC(=O)c2cc(I)ccc2O)cc1N(C)C. The van der Waals surface area contributed by atoms with Gasteiger partial charge in [-0.15, -0.1) is 0 Å². The summed E-state index contributed by atoms with van der Waals surface area (Å²) in [6.07, 6.45) is 0. The Kier molecular flexibility index (Phi) is 4.72. The molecule has 110 valence electrons. The van der Waals surface area contributed by atoms with Crippen molar-refractivity contribution in [3.05, 3.63) is 51.1 Å². The van der Waals surface area contributed by atoms with Crippen molar-refractivity contribution in [2.45, 2.75) is 6.92 Å². The molecule has 0 aliphatic heterocycles. The van der Waals surface area contributed by atoms with Gasteiger partial charge in [0.1, 0.15) is 5.75 Å². The maximum Gasteiger partial charge on any atom is 0.259 e. The van der Waals surface area contributed by atoms with Gasteiger partial charge in [-0.2, -0.15) is 0 Å². The number of halogens is 1. The standard InChI is InChI=1S/C16H17IN2O2/c1-10-4-6-12(9-14(10)19(2)3)18-16(21)13-8-11(17)5-7-15(13)20/h4-9,20H,1-3H3,(H,18,21). The van der Waals surface area contributed by atoms with Crippen molar-refractivity contribution in [2.24, 2.45) is 0 Å². The number of aromatic hydroxyl groups is 1. The molecule has 0 aliphatic carbocycles. The van der Waals surface area contributed by atoms with E-state index in [0.29, 0.717) is 5.69 Å². The van der Waals surface area contributed by atoms with Crippen LogP contribution in [0.15, 0.2) is 36.4 Å². The molecule has 0 saturated heterocycles. The van der Waals surface area contributed by atoms with E-state index in [-0.39, 0.29) is 17.2 Å². The number of carbonyl (C=O) groups is 1. The molecule has 2 aromatic rings. The monoisotopic (exact) mass is 396 g/mol. The number of rotatable bonds is 3. The molecule has 21 heavy (non-hydrogen) atoms. The Bertz CT molecular complexity index is 684. The number of carbonyl (C=O) groups excluding carboxylic acids is 1. The van der Waals surface area contributed by atoms with Gasteiger partial charge in [0, 0.05) is 29.0 Å². The summed E-state index contributed by atoms with van der Waals surface area (Å²) in [6.45, 7) is 2.02. The molecule has 2 N–H and O–H groups in total. The molecule has 0 atom stereocenters. The van der Waals surface area contributed by atoms with Gasteiger partial charge in [-0.1, -0.05) is 6.07 Å². The molecule has 0 unspecified atom stereocenters. The van der Waals surface area contributed by atoms with Crippen LogP contribution in [0, 0.1) is 10.5 Å². The van der Waals surface area contributed by atoms with E-state index in [0.717, 1.165) is 14.8 Å². The molecule has 5 heteroatoms. The second-order valence-electron chi connectivity index (χ2n) is 5.01. The van der Waals surface area contributed by atoms with Gasteiger partial charge in [-0.25, -0.2) is 0 Å². The van der Waals surface area contributed by atoms with Crippen LogP contribution < -0.4 is 10.2 Å². The third-order valence-electron chi connectivity index (χ3n) is 3.15. The number of hydrogen-bond acceptors (Lipinski definition) is 3. The van der Waals surface area contributed by atoms with E-state index in [9.17, 15) is 9.90 Å². The van der Waals surface area contributed by atoms with Crippen molar-refractivity contribution >= 4 is 39.9 Å². The number of aryl methyl sites for hydroxylation is 1. The number of nitrogens with zero attached hydrogens (tertiary/aromatic N) is 1. The largest absolute Gasteiger partial charge is 0.507 e. The minimum atomic E-state index is -0.320. The molecule has 0 aliphatic rings. The molecule has 0 aromatic heterocycles. The maximum atomic E-state index is 12.3. The molecule has 0 bridgehead atoms. The first-order valence-electron chi connectivity index (χ1n) is 6.46. The first-order valence-corrected chi connectivity index (χ1v) is 7.54. The Morgan fingerprint density at radius 2 is 1.90 bits per heavy atom. The van der Waals surface area contributed by atoms with E-state index in [1.807, 2.05) is 44.1 Å². The third-order valence-corrected chi connectivity index (χ3v) is 3.82. The predicted molar refractivity (Wildman–Crippen MR) is 94.3 cm³/mol. The Hall–Kier alpha value is -1.76. The minimum absolute atomic E-state index is 0.0205. The number of hydrogen-bond donors (Lipinski definition) is 2. The van der Waals surface area contributed by atoms with Crippen LogP contribution in [0.2, 0.25) is 0 Å². The second kappa shape index (κ2) is 6.34. The first kappa shape index (κ1) is 15.6. The predicted octanol–water partition coefficient (Wildman–Crippen LogP) is 3.62. The van der Waals surface area contributed by atoms with E-state index in [1.165, 1.54) is 6.07 Å². The van der Waals surface area contributed by atoms with E-state index < -0.39 is 0 Å². The van der Waals surface area contributed by atoms with Crippen molar-refractivity contribution in [2.75, 3.05) is 24.3 Å². The molecule has 2 rings (SSSR count). The highest BCUT2D eigenvalue weighted by molar-refractivity contribution is 14.1. The molecule has 4 nitrogen and oxygen atoms in total. The number of amides is 1. The summed E-state index contributed by atoms with van der Waals surface area (Å²) < 4.78 is 0.897. The topological polar surface area (TPSA) is 52.6 Å². The van der Waals surface area contributed by atoms with E-state index in [2.05, 4.69) is 27.9 Å². The lowest BCUT2D eigenvalue weighted by atomic mass is 10.1. The number of nitrogens with one attached hydrogen (secondary N) is 1. The first-order chi connectivity index (χ1) is 9.88. The van der Waals surface area contributed by atoms with Crippen molar-refractivity contribution in [3.63, 3.8) is 0 Å². The average Bonchev–Trinajstić information content (AvgIpc) is 2.43. The van der Waals surface area contributed by atoms with E-state index in [1.54, 1.807) is 12.1 Å². The molecule has 0 heterocycles. The number of anilines is 2. The molecule has 0 fully saturated rings. The highest BCUT2D eigenvalue weighted by Gasteiger charge is 2.12. The van der Waals surface area contributed by atoms with Crippen LogP contribution in [0.1, 0.15) is 15.9 Å². The molecular formula is C16H17IN2O2. The van der Waals surface area contributed by atoms with Crippen molar-refractivity contribution in [3.8, 4) is 5.75 Å². The zero-order valence-electron chi connectivity index (χ0n) is 12.1. The van der Waals surface area contributed by atoms with Crippen molar-refractivity contribution < 1.29 is 9.90 Å². The third kappa shape index (κ3) is 3.66. The summed E-state index contributed by atoms with van der Waals surface area (Å²) >= 11 is 2.11. The summed E-state index contributed by atoms with van der Waals surface area (Å²) in [5, 5.41) is 12.6. The smallest absolute Gasteiger partial charge is 0.259 e. The number of phenolic OH excluding ortho intramolecular Hbond substituents is 1. The van der Waals surface area contributed by atoms with Gasteiger partial charge in [-0.3, -0.25) is 4.79 Å². The average molecular weight is 396 g/mol. The van der Waals surface area contributed by atoms with Crippen LogP contribution in [0.3, 0.4) is 0 Å². The van der Waals surface area contributed by atoms with Gasteiger partial charge in [-0.05, 0) is 65.4 Å². The summed E-state index contributed by atoms with van der Waals surface area (Å²) in [7, 11) is 3.92. The van der Waals surface area contributed by atoms with E-state index in [4.69, 9.17) is 0 Å². The van der Waals surface area contributed by atoms with Crippen molar-refractivity contribution in [1.82, 2.24) is 0 Å². The Labute approximate surface area is 137 Å². The van der Waals surface area contributed by atoms with E-state index >= 15 is 0 Å². The zero-order valence-corrected chi connectivity index (χ0v) is 14.3. The van der Waals surface area contributed by atoms with Crippen molar-refractivity contribution in [1.29, 1.82) is 0 Å². The van der Waals surface area contributed by atoms with Gasteiger partial charge >= 0.3 is 0 Å². The van der Waals surface area contributed by atoms with Gasteiger partial charge in [0.25, 0.3) is 5.91 Å². The molecule has 0 saturated carbocycles. The second-order valence-corrected chi connectivity index (χ2v) is 6.26. The molecule has 0 radical (unpaired) electrons. The van der Waals surface area contributed by atoms with Gasteiger partial charge in [0.15, 0.2) is 0 Å². The summed E-state index contributed by atoms with van der Waals surface area (Å²) in [5.74, 6) is -0.340. The quantitative estimate of drug-likeness (QED) is 0.780. The van der Waals surface area contributed by atoms with Crippen LogP contribution in [-0.2, 0) is 0 Å². The Morgan fingerprint density at radius 1 is 1.19 bits per heavy atom.